The van der Waals surface area contributed by atoms with Crippen LogP contribution < -0.4 is 0 Å². The summed E-state index contributed by atoms with van der Waals surface area (Å²) in [5, 5.41) is 0. The van der Waals surface area contributed by atoms with E-state index >= 15 is 0 Å². The van der Waals surface area contributed by atoms with Crippen LogP contribution in [0.3, 0.4) is 0 Å². The Hall–Kier alpha value is -4.19. The third-order valence-corrected chi connectivity index (χ3v) is 14.2. The fraction of sp³-hybridized carbons (Fsp3) is 0.689. The van der Waals surface area contributed by atoms with Crippen molar-refractivity contribution in [1.29, 1.82) is 0 Å². The van der Waals surface area contributed by atoms with E-state index < -0.39 is 6.10 Å². The maximum absolute atomic E-state index is 12.9. The standard InChI is InChI=1S/C74H124O6/c1-4-7-10-13-16-19-22-25-28-30-32-33-34-35-36-37-38-39-40-41-42-44-46-49-52-55-58-61-64-67-73(76)79-70-71(69-78-72(75)66-63-60-57-54-51-48-45-27-24-21-18-15-12-9-6-3)80-74(77)68-65-62-59-56-53-50-47-43-31-29-26-23-20-17-14-11-8-5-2/h7,10,16,19,25,27-29,31-33,35-36,38-39,41-42,45-46,49,71H,4-6,8-9,11-15,17-18,20-24,26,30,34,37,40,43-44,47-48,50-70H2,1-3H3/b10-7-,19-16-,28-25-,31-29-,33-32-,36-35-,39-38-,42-41-,45-27-,49-46-. The molecule has 1 atom stereocenters. The van der Waals surface area contributed by atoms with Gasteiger partial charge in [0.05, 0.1) is 0 Å². The lowest BCUT2D eigenvalue weighted by molar-refractivity contribution is -0.167. The zero-order chi connectivity index (χ0) is 57.8. The maximum Gasteiger partial charge on any atom is 0.306 e. The summed E-state index contributed by atoms with van der Waals surface area (Å²) in [5.41, 5.74) is 0. The van der Waals surface area contributed by atoms with E-state index in [2.05, 4.69) is 142 Å². The van der Waals surface area contributed by atoms with Gasteiger partial charge in [-0.3, -0.25) is 14.4 Å². The molecule has 0 heterocycles. The second-order valence-corrected chi connectivity index (χ2v) is 22.0. The van der Waals surface area contributed by atoms with Gasteiger partial charge in [0.2, 0.25) is 0 Å². The molecule has 0 aromatic rings. The summed E-state index contributed by atoms with van der Waals surface area (Å²) in [7, 11) is 0. The van der Waals surface area contributed by atoms with Crippen LogP contribution in [0.2, 0.25) is 0 Å². The average Bonchev–Trinajstić information content (AvgIpc) is 3.46. The van der Waals surface area contributed by atoms with Gasteiger partial charge in [-0.2, -0.15) is 0 Å². The molecule has 0 aliphatic carbocycles. The van der Waals surface area contributed by atoms with Crippen LogP contribution in [0.15, 0.2) is 122 Å². The van der Waals surface area contributed by atoms with E-state index in [1.807, 2.05) is 0 Å². The Morgan fingerprint density at radius 1 is 0.263 bits per heavy atom. The van der Waals surface area contributed by atoms with E-state index in [0.29, 0.717) is 19.3 Å². The molecule has 0 saturated heterocycles. The molecule has 0 aromatic carbocycles. The largest absolute Gasteiger partial charge is 0.462 e. The van der Waals surface area contributed by atoms with Crippen molar-refractivity contribution in [2.45, 2.75) is 316 Å². The van der Waals surface area contributed by atoms with Gasteiger partial charge < -0.3 is 14.2 Å². The fourth-order valence-corrected chi connectivity index (χ4v) is 9.15. The minimum absolute atomic E-state index is 0.0932. The van der Waals surface area contributed by atoms with Gasteiger partial charge in [0.15, 0.2) is 6.10 Å². The number of carbonyl (C=O) groups is 3. The fourth-order valence-electron chi connectivity index (χ4n) is 9.15. The Morgan fingerprint density at radius 2 is 0.487 bits per heavy atom. The third-order valence-electron chi connectivity index (χ3n) is 14.2. The van der Waals surface area contributed by atoms with Gasteiger partial charge in [-0.15, -0.1) is 0 Å². The van der Waals surface area contributed by atoms with Crippen molar-refractivity contribution in [3.63, 3.8) is 0 Å². The smallest absolute Gasteiger partial charge is 0.306 e. The number of hydrogen-bond donors (Lipinski definition) is 0. The molecular weight excluding hydrogens is 985 g/mol. The first-order valence-electron chi connectivity index (χ1n) is 33.5. The summed E-state index contributed by atoms with van der Waals surface area (Å²) in [6.07, 6.45) is 93.5. The Kier molecular flexibility index (Phi) is 63.8. The molecule has 0 spiro atoms. The van der Waals surface area contributed by atoms with Crippen molar-refractivity contribution in [2.24, 2.45) is 0 Å². The highest BCUT2D eigenvalue weighted by Gasteiger charge is 2.19. The molecule has 0 aliphatic rings. The molecule has 0 radical (unpaired) electrons. The summed E-state index contributed by atoms with van der Waals surface area (Å²) in [6, 6.07) is 0. The molecular formula is C74H124O6. The molecule has 0 amide bonds. The summed E-state index contributed by atoms with van der Waals surface area (Å²) in [5.74, 6) is -0.924. The van der Waals surface area contributed by atoms with E-state index in [1.54, 1.807) is 0 Å². The predicted molar refractivity (Wildman–Crippen MR) is 348 cm³/mol. The lowest BCUT2D eigenvalue weighted by atomic mass is 10.1. The highest BCUT2D eigenvalue weighted by atomic mass is 16.6. The monoisotopic (exact) mass is 1110 g/mol. The molecule has 0 aromatic heterocycles. The third kappa shape index (κ3) is 64.6. The topological polar surface area (TPSA) is 78.9 Å². The van der Waals surface area contributed by atoms with Crippen LogP contribution in [0.5, 0.6) is 0 Å². The van der Waals surface area contributed by atoms with Crippen molar-refractivity contribution in [2.75, 3.05) is 13.2 Å². The Balaban J connectivity index is 4.41. The molecule has 6 heteroatoms. The number of carbonyl (C=O) groups excluding carboxylic acids is 3. The van der Waals surface area contributed by atoms with Crippen LogP contribution >= 0.6 is 0 Å². The predicted octanol–water partition coefficient (Wildman–Crippen LogP) is 23.2. The molecule has 0 bridgehead atoms. The zero-order valence-electron chi connectivity index (χ0n) is 52.3. The van der Waals surface area contributed by atoms with Gasteiger partial charge >= 0.3 is 17.9 Å². The number of hydrogen-bond acceptors (Lipinski definition) is 6. The summed E-state index contributed by atoms with van der Waals surface area (Å²) >= 11 is 0. The van der Waals surface area contributed by atoms with Crippen LogP contribution in [-0.4, -0.2) is 37.2 Å². The van der Waals surface area contributed by atoms with Crippen molar-refractivity contribution in [3.8, 4) is 0 Å². The molecule has 0 rings (SSSR count). The van der Waals surface area contributed by atoms with Crippen LogP contribution in [0.4, 0.5) is 0 Å². The van der Waals surface area contributed by atoms with Crippen molar-refractivity contribution in [1.82, 2.24) is 0 Å². The second kappa shape index (κ2) is 67.3. The molecule has 6 nitrogen and oxygen atoms in total. The molecule has 456 valence electrons. The van der Waals surface area contributed by atoms with Gasteiger partial charge in [-0.05, 0) is 135 Å². The number of rotatable bonds is 60. The van der Waals surface area contributed by atoms with E-state index in [0.717, 1.165) is 128 Å². The lowest BCUT2D eigenvalue weighted by Gasteiger charge is -2.18. The van der Waals surface area contributed by atoms with Crippen molar-refractivity contribution >= 4 is 17.9 Å². The van der Waals surface area contributed by atoms with Crippen molar-refractivity contribution < 1.29 is 28.6 Å². The molecule has 0 saturated carbocycles. The summed E-state index contributed by atoms with van der Waals surface area (Å²) < 4.78 is 16.9. The zero-order valence-corrected chi connectivity index (χ0v) is 52.3. The van der Waals surface area contributed by atoms with Crippen LogP contribution in [-0.2, 0) is 28.6 Å². The molecule has 0 N–H and O–H groups in total. The molecule has 0 aliphatic heterocycles. The Morgan fingerprint density at radius 3 is 0.775 bits per heavy atom. The van der Waals surface area contributed by atoms with Crippen molar-refractivity contribution in [3.05, 3.63) is 122 Å². The molecule has 0 fully saturated rings. The SMILES string of the molecule is CC/C=C\C/C=C\C/C=C\C/C=C\C/C=C\C/C=C\C/C=C\C/C=C\CCCCCCC(=O)OCC(COC(=O)CCCCCCC/C=C\CCCCCCCC)OC(=O)CCCCCCCCC/C=C\CCCCCCCCC. The van der Waals surface area contributed by atoms with Gasteiger partial charge in [0, 0.05) is 19.3 Å². The van der Waals surface area contributed by atoms with Gasteiger partial charge in [-0.1, -0.05) is 277 Å². The number of unbranched alkanes of at least 4 members (excludes halogenated alkanes) is 29. The second-order valence-electron chi connectivity index (χ2n) is 22.0. The Bertz CT molecular complexity index is 1650. The van der Waals surface area contributed by atoms with Gasteiger partial charge in [-0.25, -0.2) is 0 Å². The molecule has 80 heavy (non-hydrogen) atoms. The van der Waals surface area contributed by atoms with Gasteiger partial charge in [0.1, 0.15) is 13.2 Å². The van der Waals surface area contributed by atoms with Crippen LogP contribution in [0.1, 0.15) is 310 Å². The number of allylic oxidation sites excluding steroid dienone is 20. The lowest BCUT2D eigenvalue weighted by Crippen LogP contribution is -2.30. The molecule has 1 unspecified atom stereocenters. The van der Waals surface area contributed by atoms with Crippen LogP contribution in [0.25, 0.3) is 0 Å². The van der Waals surface area contributed by atoms with Gasteiger partial charge in [0.25, 0.3) is 0 Å². The van der Waals surface area contributed by atoms with E-state index in [1.165, 1.54) is 141 Å². The number of esters is 3. The summed E-state index contributed by atoms with van der Waals surface area (Å²) in [4.78, 5) is 38.4. The first-order chi connectivity index (χ1) is 39.5. The Labute approximate surface area is 494 Å². The summed E-state index contributed by atoms with van der Waals surface area (Å²) in [6.45, 7) is 6.51. The van der Waals surface area contributed by atoms with E-state index in [9.17, 15) is 14.4 Å². The first-order valence-corrected chi connectivity index (χ1v) is 33.5. The minimum atomic E-state index is -0.799. The normalized spacial score (nSPS) is 12.9. The van der Waals surface area contributed by atoms with E-state index in [4.69, 9.17) is 14.2 Å². The highest BCUT2D eigenvalue weighted by Crippen LogP contribution is 2.15. The van der Waals surface area contributed by atoms with Crippen LogP contribution in [0, 0.1) is 0 Å². The first kappa shape index (κ1) is 75.8. The average molecular weight is 1110 g/mol. The maximum atomic E-state index is 12.9. The van der Waals surface area contributed by atoms with E-state index in [-0.39, 0.29) is 31.1 Å². The number of ether oxygens (including phenoxy) is 3. The quantitative estimate of drug-likeness (QED) is 0.0261. The minimum Gasteiger partial charge on any atom is -0.462 e. The highest BCUT2D eigenvalue weighted by molar-refractivity contribution is 5.71.